The fourth-order valence-corrected chi connectivity index (χ4v) is 13.4. The van der Waals surface area contributed by atoms with Crippen molar-refractivity contribution in [2.45, 2.75) is 205 Å². The first-order valence-corrected chi connectivity index (χ1v) is 20.9. The second kappa shape index (κ2) is 16.5. The highest BCUT2D eigenvalue weighted by Crippen LogP contribution is 2.60. The first-order chi connectivity index (χ1) is 22.1. The van der Waals surface area contributed by atoms with Gasteiger partial charge in [0, 0.05) is 0 Å². The van der Waals surface area contributed by atoms with Gasteiger partial charge in [-0.05, 0) is 123 Å². The molecule has 3 heteroatoms. The van der Waals surface area contributed by atoms with E-state index >= 15 is 0 Å². The van der Waals surface area contributed by atoms with Crippen LogP contribution in [-0.4, -0.2) is 11.9 Å². The topological polar surface area (TPSA) is 43.4 Å². The molecule has 0 aromatic rings. The van der Waals surface area contributed by atoms with Crippen LogP contribution in [0.25, 0.3) is 0 Å². The Bertz CT molecular complexity index is 737. The second-order valence-electron chi connectivity index (χ2n) is 17.4. The summed E-state index contributed by atoms with van der Waals surface area (Å²) in [6.45, 7) is 0. The van der Waals surface area contributed by atoms with Crippen molar-refractivity contribution < 1.29 is 14.3 Å². The zero-order chi connectivity index (χ0) is 31.0. The van der Waals surface area contributed by atoms with Gasteiger partial charge in [-0.1, -0.05) is 116 Å². The standard InChI is InChI=1S/C42H70O3/c43-39(31-41(33-19-7-1-8-20-33,34-21-9-2-10-22-34)35-23-11-3-12-24-35)45-40(44)32-42(36-25-13-4-14-26-36,37-27-15-5-16-28-37)38-29-17-6-18-30-38/h33-38H,1-32H2. The molecule has 6 fully saturated rings. The Morgan fingerprint density at radius 2 is 0.511 bits per heavy atom. The van der Waals surface area contributed by atoms with Crippen LogP contribution in [0.4, 0.5) is 0 Å². The minimum absolute atomic E-state index is 0.0613. The highest BCUT2D eigenvalue weighted by molar-refractivity contribution is 5.86. The molecule has 0 spiro atoms. The van der Waals surface area contributed by atoms with Gasteiger partial charge in [-0.3, -0.25) is 9.59 Å². The van der Waals surface area contributed by atoms with Crippen LogP contribution in [0.3, 0.4) is 0 Å². The van der Waals surface area contributed by atoms with Crippen molar-refractivity contribution in [2.75, 3.05) is 0 Å². The Morgan fingerprint density at radius 3 is 0.689 bits per heavy atom. The van der Waals surface area contributed by atoms with Gasteiger partial charge in [0.2, 0.25) is 0 Å². The van der Waals surface area contributed by atoms with Crippen molar-refractivity contribution >= 4 is 11.9 Å². The Morgan fingerprint density at radius 1 is 0.333 bits per heavy atom. The molecule has 0 aliphatic heterocycles. The van der Waals surface area contributed by atoms with E-state index < -0.39 is 0 Å². The third-order valence-electron chi connectivity index (χ3n) is 15.3. The summed E-state index contributed by atoms with van der Waals surface area (Å²) in [5.41, 5.74) is 0.123. The fraction of sp³-hybridized carbons (Fsp3) is 0.952. The van der Waals surface area contributed by atoms with Crippen molar-refractivity contribution in [3.8, 4) is 0 Å². The minimum Gasteiger partial charge on any atom is -0.393 e. The van der Waals surface area contributed by atoms with E-state index in [-0.39, 0.29) is 22.8 Å². The van der Waals surface area contributed by atoms with Crippen LogP contribution in [0.5, 0.6) is 0 Å². The lowest BCUT2D eigenvalue weighted by molar-refractivity contribution is -0.171. The molecule has 6 rings (SSSR count). The summed E-state index contributed by atoms with van der Waals surface area (Å²) in [6.07, 6.45) is 40.6. The summed E-state index contributed by atoms with van der Waals surface area (Å²) in [4.78, 5) is 28.7. The molecule has 0 atom stereocenters. The van der Waals surface area contributed by atoms with Gasteiger partial charge >= 0.3 is 11.9 Å². The van der Waals surface area contributed by atoms with Crippen LogP contribution < -0.4 is 0 Å². The van der Waals surface area contributed by atoms with Crippen molar-refractivity contribution in [2.24, 2.45) is 46.3 Å². The summed E-state index contributed by atoms with van der Waals surface area (Å²) in [5.74, 6) is 3.60. The van der Waals surface area contributed by atoms with Gasteiger partial charge in [-0.2, -0.15) is 0 Å². The van der Waals surface area contributed by atoms with Crippen molar-refractivity contribution in [3.05, 3.63) is 0 Å². The van der Waals surface area contributed by atoms with E-state index in [1.165, 1.54) is 193 Å². The summed E-state index contributed by atoms with van der Waals surface area (Å²) >= 11 is 0. The van der Waals surface area contributed by atoms with Crippen LogP contribution in [0.15, 0.2) is 0 Å². The SMILES string of the molecule is O=C(CC(C1CCCCC1)(C1CCCCC1)C1CCCCC1)OC(=O)CC(C1CCCCC1)(C1CCCCC1)C1CCCCC1. The highest BCUT2D eigenvalue weighted by Gasteiger charge is 2.54. The van der Waals surface area contributed by atoms with E-state index in [0.29, 0.717) is 48.3 Å². The maximum atomic E-state index is 14.4. The zero-order valence-electron chi connectivity index (χ0n) is 29.3. The molecule has 6 saturated carbocycles. The van der Waals surface area contributed by atoms with Crippen molar-refractivity contribution in [3.63, 3.8) is 0 Å². The summed E-state index contributed by atoms with van der Waals surface area (Å²) < 4.78 is 6.23. The Hall–Kier alpha value is -0.860. The molecule has 0 aromatic carbocycles. The fourth-order valence-electron chi connectivity index (χ4n) is 13.4. The predicted molar refractivity (Wildman–Crippen MR) is 185 cm³/mol. The quantitative estimate of drug-likeness (QED) is 0.180. The van der Waals surface area contributed by atoms with Crippen LogP contribution in [0.2, 0.25) is 0 Å². The molecule has 256 valence electrons. The van der Waals surface area contributed by atoms with E-state index in [1.54, 1.807) is 0 Å². The van der Waals surface area contributed by atoms with Gasteiger partial charge in [0.05, 0.1) is 12.8 Å². The average molecular weight is 623 g/mol. The van der Waals surface area contributed by atoms with Gasteiger partial charge in [-0.25, -0.2) is 0 Å². The highest BCUT2D eigenvalue weighted by atomic mass is 16.6. The molecule has 0 heterocycles. The molecule has 0 amide bonds. The molecule has 6 aliphatic carbocycles. The van der Waals surface area contributed by atoms with Gasteiger partial charge in [0.1, 0.15) is 0 Å². The number of hydrogen-bond donors (Lipinski definition) is 0. The first kappa shape index (κ1) is 34.0. The van der Waals surface area contributed by atoms with E-state index in [1.807, 2.05) is 0 Å². The second-order valence-corrected chi connectivity index (χ2v) is 17.4. The molecule has 0 radical (unpaired) electrons. The monoisotopic (exact) mass is 623 g/mol. The Kier molecular flexibility index (Phi) is 12.5. The average Bonchev–Trinajstić information content (AvgIpc) is 3.12. The molecule has 0 unspecified atom stereocenters. The summed E-state index contributed by atoms with van der Waals surface area (Å²) in [5, 5.41) is 0. The number of carbonyl (C=O) groups is 2. The first-order valence-electron chi connectivity index (χ1n) is 20.9. The Labute approximate surface area is 277 Å². The zero-order valence-corrected chi connectivity index (χ0v) is 29.3. The van der Waals surface area contributed by atoms with E-state index in [0.717, 1.165) is 0 Å². The van der Waals surface area contributed by atoms with Crippen molar-refractivity contribution in [1.82, 2.24) is 0 Å². The van der Waals surface area contributed by atoms with Crippen LogP contribution in [-0.2, 0) is 14.3 Å². The third kappa shape index (κ3) is 7.74. The number of esters is 2. The molecule has 0 N–H and O–H groups in total. The third-order valence-corrected chi connectivity index (χ3v) is 15.3. The molecule has 0 bridgehead atoms. The molecule has 45 heavy (non-hydrogen) atoms. The lowest BCUT2D eigenvalue weighted by atomic mass is 9.50. The van der Waals surface area contributed by atoms with Crippen LogP contribution in [0.1, 0.15) is 205 Å². The van der Waals surface area contributed by atoms with Gasteiger partial charge < -0.3 is 4.74 Å². The molecule has 0 aromatic heterocycles. The van der Waals surface area contributed by atoms with Crippen molar-refractivity contribution in [1.29, 1.82) is 0 Å². The maximum absolute atomic E-state index is 14.4. The summed E-state index contributed by atoms with van der Waals surface area (Å²) in [6, 6.07) is 0. The number of ether oxygens (including phenoxy) is 1. The maximum Gasteiger partial charge on any atom is 0.314 e. The number of carbonyl (C=O) groups excluding carboxylic acids is 2. The lowest BCUT2D eigenvalue weighted by Gasteiger charge is -2.55. The van der Waals surface area contributed by atoms with Gasteiger partial charge in [0.15, 0.2) is 0 Å². The molecule has 0 saturated heterocycles. The van der Waals surface area contributed by atoms with E-state index in [9.17, 15) is 9.59 Å². The van der Waals surface area contributed by atoms with E-state index in [2.05, 4.69) is 0 Å². The minimum atomic E-state index is -0.133. The lowest BCUT2D eigenvalue weighted by Crippen LogP contribution is -2.49. The largest absolute Gasteiger partial charge is 0.393 e. The van der Waals surface area contributed by atoms with Crippen LogP contribution >= 0.6 is 0 Å². The van der Waals surface area contributed by atoms with E-state index in [4.69, 9.17) is 4.74 Å². The van der Waals surface area contributed by atoms with Gasteiger partial charge in [0.25, 0.3) is 0 Å². The predicted octanol–water partition coefficient (Wildman–Crippen LogP) is 12.3. The smallest absolute Gasteiger partial charge is 0.314 e. The molecule has 6 aliphatic rings. The van der Waals surface area contributed by atoms with Gasteiger partial charge in [-0.15, -0.1) is 0 Å². The van der Waals surface area contributed by atoms with Crippen LogP contribution in [0, 0.1) is 46.3 Å². The Balaban J connectivity index is 1.26. The normalized spacial score (nSPS) is 26.9. The number of hydrogen-bond acceptors (Lipinski definition) is 3. The molecular formula is C42H70O3. The summed E-state index contributed by atoms with van der Waals surface area (Å²) in [7, 11) is 0. The number of rotatable bonds is 10. The molecular weight excluding hydrogens is 552 g/mol. The molecule has 3 nitrogen and oxygen atoms in total.